The minimum absolute atomic E-state index is 0.160. The second-order valence-corrected chi connectivity index (χ2v) is 5.67. The molecule has 3 N–H and O–H groups in total. The summed E-state index contributed by atoms with van der Waals surface area (Å²) in [5.74, 6) is 0.925. The molecule has 0 aromatic rings. The highest BCUT2D eigenvalue weighted by Gasteiger charge is 2.23. The molecule has 0 heterocycles. The van der Waals surface area contributed by atoms with Gasteiger partial charge < -0.3 is 11.1 Å². The average molecular weight is 212 g/mol. The van der Waals surface area contributed by atoms with Gasteiger partial charge in [-0.05, 0) is 45.4 Å². The molecule has 0 aromatic heterocycles. The minimum atomic E-state index is -0.236. The van der Waals surface area contributed by atoms with Gasteiger partial charge in [-0.2, -0.15) is 0 Å². The first kappa shape index (κ1) is 12.5. The van der Waals surface area contributed by atoms with E-state index in [1.54, 1.807) is 0 Å². The first-order chi connectivity index (χ1) is 6.87. The molecule has 0 spiro atoms. The Balaban J connectivity index is 2.19. The highest BCUT2D eigenvalue weighted by molar-refractivity contribution is 5.76. The van der Waals surface area contributed by atoms with E-state index in [9.17, 15) is 4.79 Å². The van der Waals surface area contributed by atoms with E-state index in [-0.39, 0.29) is 11.4 Å². The second kappa shape index (κ2) is 4.97. The summed E-state index contributed by atoms with van der Waals surface area (Å²) in [5.41, 5.74) is 5.60. The van der Waals surface area contributed by atoms with Crippen LogP contribution in [0.2, 0.25) is 0 Å². The fourth-order valence-electron chi connectivity index (χ4n) is 2.07. The van der Waals surface area contributed by atoms with Crippen LogP contribution in [0, 0.1) is 5.92 Å². The maximum Gasteiger partial charge on any atom is 0.220 e. The van der Waals surface area contributed by atoms with E-state index in [1.807, 2.05) is 13.8 Å². The van der Waals surface area contributed by atoms with Crippen LogP contribution in [0.5, 0.6) is 0 Å². The van der Waals surface area contributed by atoms with Crippen LogP contribution in [0.15, 0.2) is 0 Å². The van der Waals surface area contributed by atoms with Crippen molar-refractivity contribution in [3.8, 4) is 0 Å². The van der Waals surface area contributed by atoms with Crippen molar-refractivity contribution in [2.24, 2.45) is 11.7 Å². The van der Waals surface area contributed by atoms with E-state index >= 15 is 0 Å². The molecule has 0 aliphatic heterocycles. The summed E-state index contributed by atoms with van der Waals surface area (Å²) in [6, 6.07) is 0.411. The number of carbonyl (C=O) groups is 1. The molecule has 1 aliphatic rings. The Kier molecular flexibility index (Phi) is 4.14. The summed E-state index contributed by atoms with van der Waals surface area (Å²) >= 11 is 0. The van der Waals surface area contributed by atoms with Crippen molar-refractivity contribution in [3.63, 3.8) is 0 Å². The number of hydrogen-bond acceptors (Lipinski definition) is 2. The number of hydrogen-bond donors (Lipinski definition) is 2. The molecule has 15 heavy (non-hydrogen) atoms. The van der Waals surface area contributed by atoms with Gasteiger partial charge >= 0.3 is 0 Å². The Morgan fingerprint density at radius 1 is 1.47 bits per heavy atom. The third-order valence-electron chi connectivity index (χ3n) is 3.06. The molecule has 88 valence electrons. The van der Waals surface area contributed by atoms with Gasteiger partial charge in [-0.3, -0.25) is 4.79 Å². The fraction of sp³-hybridized carbons (Fsp3) is 0.917. The summed E-state index contributed by atoms with van der Waals surface area (Å²) < 4.78 is 0. The van der Waals surface area contributed by atoms with E-state index in [1.165, 1.54) is 6.42 Å². The van der Waals surface area contributed by atoms with Crippen LogP contribution in [0.25, 0.3) is 0 Å². The summed E-state index contributed by atoms with van der Waals surface area (Å²) in [6.45, 7) is 6.16. The normalized spacial score (nSPS) is 26.7. The van der Waals surface area contributed by atoms with Gasteiger partial charge in [-0.1, -0.05) is 6.92 Å². The van der Waals surface area contributed by atoms with Crippen molar-refractivity contribution < 1.29 is 4.79 Å². The Morgan fingerprint density at radius 2 is 2.13 bits per heavy atom. The van der Waals surface area contributed by atoms with Crippen molar-refractivity contribution in [3.05, 3.63) is 0 Å². The van der Waals surface area contributed by atoms with Gasteiger partial charge in [0.15, 0.2) is 0 Å². The maximum absolute atomic E-state index is 11.6. The summed E-state index contributed by atoms with van der Waals surface area (Å²) in [6.07, 6.45) is 4.82. The standard InChI is InChI=1S/C12H24N2O/c1-9-4-5-10(8-9)14-11(15)6-7-12(2,3)13/h9-10H,4-8,13H2,1-3H3,(H,14,15). The molecule has 1 saturated carbocycles. The van der Waals surface area contributed by atoms with Crippen LogP contribution < -0.4 is 11.1 Å². The molecule has 1 fully saturated rings. The lowest BCUT2D eigenvalue weighted by Crippen LogP contribution is -2.37. The third-order valence-corrected chi connectivity index (χ3v) is 3.06. The van der Waals surface area contributed by atoms with Crippen LogP contribution in [-0.2, 0) is 4.79 Å². The zero-order chi connectivity index (χ0) is 11.5. The van der Waals surface area contributed by atoms with Crippen LogP contribution in [0.1, 0.15) is 52.9 Å². The molecule has 3 nitrogen and oxygen atoms in total. The van der Waals surface area contributed by atoms with Gasteiger partial charge in [-0.15, -0.1) is 0 Å². The molecular weight excluding hydrogens is 188 g/mol. The van der Waals surface area contributed by atoms with Crippen molar-refractivity contribution >= 4 is 5.91 Å². The topological polar surface area (TPSA) is 55.1 Å². The molecule has 1 aliphatic carbocycles. The van der Waals surface area contributed by atoms with E-state index < -0.39 is 0 Å². The van der Waals surface area contributed by atoms with Gasteiger partial charge in [0.25, 0.3) is 0 Å². The van der Waals surface area contributed by atoms with E-state index in [0.29, 0.717) is 12.5 Å². The first-order valence-corrected chi connectivity index (χ1v) is 5.95. The summed E-state index contributed by atoms with van der Waals surface area (Å²) in [4.78, 5) is 11.6. The molecule has 2 atom stereocenters. The van der Waals surface area contributed by atoms with Gasteiger partial charge in [0.1, 0.15) is 0 Å². The lowest BCUT2D eigenvalue weighted by molar-refractivity contribution is -0.122. The lowest BCUT2D eigenvalue weighted by Gasteiger charge is -2.19. The molecule has 0 saturated heterocycles. The van der Waals surface area contributed by atoms with Crippen molar-refractivity contribution in [2.45, 2.75) is 64.5 Å². The van der Waals surface area contributed by atoms with Crippen LogP contribution >= 0.6 is 0 Å². The molecule has 1 amide bonds. The number of carbonyl (C=O) groups excluding carboxylic acids is 1. The second-order valence-electron chi connectivity index (χ2n) is 5.67. The molecule has 1 rings (SSSR count). The smallest absolute Gasteiger partial charge is 0.220 e. The Hall–Kier alpha value is -0.570. The van der Waals surface area contributed by atoms with E-state index in [4.69, 9.17) is 5.73 Å². The average Bonchev–Trinajstić information content (AvgIpc) is 2.47. The molecule has 2 unspecified atom stereocenters. The first-order valence-electron chi connectivity index (χ1n) is 5.95. The monoisotopic (exact) mass is 212 g/mol. The van der Waals surface area contributed by atoms with Gasteiger partial charge in [0, 0.05) is 18.0 Å². The summed E-state index contributed by atoms with van der Waals surface area (Å²) in [7, 11) is 0. The highest BCUT2D eigenvalue weighted by atomic mass is 16.1. The lowest BCUT2D eigenvalue weighted by atomic mass is 10.00. The fourth-order valence-corrected chi connectivity index (χ4v) is 2.07. The number of rotatable bonds is 4. The zero-order valence-electron chi connectivity index (χ0n) is 10.2. The van der Waals surface area contributed by atoms with Crippen molar-refractivity contribution in [1.29, 1.82) is 0 Å². The molecule has 0 aromatic carbocycles. The van der Waals surface area contributed by atoms with Gasteiger partial charge in [0.2, 0.25) is 5.91 Å². The maximum atomic E-state index is 11.6. The minimum Gasteiger partial charge on any atom is -0.353 e. The predicted octanol–water partition coefficient (Wildman–Crippen LogP) is 1.81. The summed E-state index contributed by atoms with van der Waals surface area (Å²) in [5, 5.41) is 3.09. The molecule has 3 heteroatoms. The molecule has 0 bridgehead atoms. The predicted molar refractivity (Wildman–Crippen MR) is 62.4 cm³/mol. The van der Waals surface area contributed by atoms with Crippen LogP contribution in [-0.4, -0.2) is 17.5 Å². The number of amides is 1. The SMILES string of the molecule is CC1CCC(NC(=O)CCC(C)(C)N)C1. The Bertz CT molecular complexity index is 220. The largest absolute Gasteiger partial charge is 0.353 e. The number of nitrogens with two attached hydrogens (primary N) is 1. The van der Waals surface area contributed by atoms with Gasteiger partial charge in [0.05, 0.1) is 0 Å². The highest BCUT2D eigenvalue weighted by Crippen LogP contribution is 2.24. The van der Waals surface area contributed by atoms with Crippen molar-refractivity contribution in [1.82, 2.24) is 5.32 Å². The third kappa shape index (κ3) is 5.17. The molecular formula is C12H24N2O. The van der Waals surface area contributed by atoms with Crippen molar-refractivity contribution in [2.75, 3.05) is 0 Å². The number of nitrogens with one attached hydrogen (secondary N) is 1. The Morgan fingerprint density at radius 3 is 2.60 bits per heavy atom. The quantitative estimate of drug-likeness (QED) is 0.746. The van der Waals surface area contributed by atoms with Crippen LogP contribution in [0.4, 0.5) is 0 Å². The van der Waals surface area contributed by atoms with Gasteiger partial charge in [-0.25, -0.2) is 0 Å². The van der Waals surface area contributed by atoms with E-state index in [0.717, 1.165) is 25.2 Å². The van der Waals surface area contributed by atoms with E-state index in [2.05, 4.69) is 12.2 Å². The zero-order valence-corrected chi connectivity index (χ0v) is 10.2. The van der Waals surface area contributed by atoms with Crippen LogP contribution in [0.3, 0.4) is 0 Å². The molecule has 0 radical (unpaired) electrons. The Labute approximate surface area is 92.8 Å².